The van der Waals surface area contributed by atoms with Crippen LogP contribution in [-0.2, 0) is 0 Å². The summed E-state index contributed by atoms with van der Waals surface area (Å²) < 4.78 is 0. The van der Waals surface area contributed by atoms with Gasteiger partial charge in [-0.05, 0) is 23.5 Å². The number of pyridine rings is 1. The zero-order chi connectivity index (χ0) is 11.0. The molecular weight excluding hydrogens is 202 g/mol. The van der Waals surface area contributed by atoms with Crippen molar-refractivity contribution in [2.45, 2.75) is 39.5 Å². The predicted molar refractivity (Wildman–Crippen MR) is 67.8 cm³/mol. The smallest absolute Gasteiger partial charge is 0.123 e. The highest BCUT2D eigenvalue weighted by Gasteiger charge is 2.17. The van der Waals surface area contributed by atoms with E-state index in [1.807, 2.05) is 23.6 Å². The maximum absolute atomic E-state index is 4.45. The molecule has 0 aliphatic heterocycles. The molecule has 0 radical (unpaired) electrons. The molecule has 0 N–H and O–H groups in total. The first-order chi connectivity index (χ1) is 7.11. The van der Waals surface area contributed by atoms with Crippen molar-refractivity contribution in [1.82, 2.24) is 4.98 Å². The number of hydrogen-bond acceptors (Lipinski definition) is 2. The van der Waals surface area contributed by atoms with Gasteiger partial charge in [-0.2, -0.15) is 0 Å². The molecule has 2 aromatic rings. The van der Waals surface area contributed by atoms with E-state index in [4.69, 9.17) is 0 Å². The molecule has 0 atom stereocenters. The maximum atomic E-state index is 4.45. The predicted octanol–water partition coefficient (Wildman–Crippen LogP) is 4.54. The molecule has 2 heterocycles. The Morgan fingerprint density at radius 1 is 1.13 bits per heavy atom. The van der Waals surface area contributed by atoms with Crippen LogP contribution >= 0.6 is 11.3 Å². The van der Waals surface area contributed by atoms with Crippen molar-refractivity contribution < 1.29 is 0 Å². The third-order valence-electron chi connectivity index (χ3n) is 2.64. The largest absolute Gasteiger partial charge is 0.245 e. The van der Waals surface area contributed by atoms with Crippen LogP contribution in [0.4, 0.5) is 0 Å². The van der Waals surface area contributed by atoms with E-state index in [0.29, 0.717) is 11.8 Å². The van der Waals surface area contributed by atoms with Crippen molar-refractivity contribution in [3.63, 3.8) is 0 Å². The molecule has 2 heteroatoms. The molecule has 0 bridgehead atoms. The van der Waals surface area contributed by atoms with E-state index in [1.54, 1.807) is 0 Å². The fourth-order valence-electron chi connectivity index (χ4n) is 1.99. The first-order valence-electron chi connectivity index (χ1n) is 5.48. The number of hydrogen-bond donors (Lipinski definition) is 0. The lowest BCUT2D eigenvalue weighted by atomic mass is 9.96. The molecule has 0 saturated heterocycles. The van der Waals surface area contributed by atoms with Gasteiger partial charge in [-0.25, -0.2) is 4.98 Å². The summed E-state index contributed by atoms with van der Waals surface area (Å²) in [6.07, 6.45) is 1.88. The molecule has 2 aromatic heterocycles. The van der Waals surface area contributed by atoms with Crippen molar-refractivity contribution >= 4 is 21.6 Å². The molecule has 0 fully saturated rings. The molecule has 15 heavy (non-hydrogen) atoms. The minimum absolute atomic E-state index is 0.584. The number of aromatic nitrogens is 1. The van der Waals surface area contributed by atoms with Crippen molar-refractivity contribution in [3.05, 3.63) is 28.8 Å². The first-order valence-corrected chi connectivity index (χ1v) is 6.30. The number of fused-ring (bicyclic) bond motifs is 1. The van der Waals surface area contributed by atoms with Crippen molar-refractivity contribution in [2.75, 3.05) is 0 Å². The van der Waals surface area contributed by atoms with Gasteiger partial charge in [0.25, 0.3) is 0 Å². The molecule has 2 rings (SSSR count). The zero-order valence-electron chi connectivity index (χ0n) is 9.74. The molecule has 0 aliphatic carbocycles. The summed E-state index contributed by atoms with van der Waals surface area (Å²) >= 11 is 1.85. The highest BCUT2D eigenvalue weighted by Crippen LogP contribution is 2.38. The van der Waals surface area contributed by atoms with Gasteiger partial charge in [-0.1, -0.05) is 33.8 Å². The van der Waals surface area contributed by atoms with Crippen LogP contribution in [0.2, 0.25) is 0 Å². The van der Waals surface area contributed by atoms with Gasteiger partial charge in [-0.3, -0.25) is 0 Å². The van der Waals surface area contributed by atoms with Crippen molar-refractivity contribution in [2.24, 2.45) is 0 Å². The van der Waals surface area contributed by atoms with Crippen LogP contribution in [0.5, 0.6) is 0 Å². The maximum Gasteiger partial charge on any atom is 0.123 e. The second-order valence-corrected chi connectivity index (χ2v) is 5.58. The molecule has 0 aromatic carbocycles. The SMILES string of the molecule is CC(C)c1sc2ncccc2c1C(C)C. The lowest BCUT2D eigenvalue weighted by Crippen LogP contribution is -1.93. The lowest BCUT2D eigenvalue weighted by molar-refractivity contribution is 0.815. The Hall–Kier alpha value is -0.890. The monoisotopic (exact) mass is 219 g/mol. The summed E-state index contributed by atoms with van der Waals surface area (Å²) in [5, 5.41) is 1.35. The number of thiophene rings is 1. The molecule has 0 amide bonds. The molecule has 0 unspecified atom stereocenters. The quantitative estimate of drug-likeness (QED) is 0.722. The molecular formula is C13H17NS. The lowest BCUT2D eigenvalue weighted by Gasteiger charge is -2.10. The minimum atomic E-state index is 0.584. The topological polar surface area (TPSA) is 12.9 Å². The van der Waals surface area contributed by atoms with E-state index in [0.717, 1.165) is 0 Å². The van der Waals surface area contributed by atoms with Crippen LogP contribution < -0.4 is 0 Å². The number of rotatable bonds is 2. The van der Waals surface area contributed by atoms with Crippen LogP contribution in [0.15, 0.2) is 18.3 Å². The third kappa shape index (κ3) is 1.78. The summed E-state index contributed by atoms with van der Waals surface area (Å²) in [7, 11) is 0. The Labute approximate surface area is 95.2 Å². The molecule has 0 spiro atoms. The van der Waals surface area contributed by atoms with Gasteiger partial charge in [0, 0.05) is 16.5 Å². The van der Waals surface area contributed by atoms with Gasteiger partial charge in [0.15, 0.2) is 0 Å². The molecule has 0 saturated carbocycles. The summed E-state index contributed by atoms with van der Waals surface area (Å²) in [6, 6.07) is 4.23. The van der Waals surface area contributed by atoms with E-state index in [2.05, 4.69) is 38.7 Å². The Morgan fingerprint density at radius 2 is 1.87 bits per heavy atom. The van der Waals surface area contributed by atoms with Crippen LogP contribution in [0, 0.1) is 0 Å². The Balaban J connectivity index is 2.75. The van der Waals surface area contributed by atoms with Crippen LogP contribution in [-0.4, -0.2) is 4.98 Å². The fourth-order valence-corrected chi connectivity index (χ4v) is 3.29. The summed E-state index contributed by atoms with van der Waals surface area (Å²) in [5.74, 6) is 1.18. The Morgan fingerprint density at radius 3 is 2.47 bits per heavy atom. The molecule has 80 valence electrons. The normalized spacial score (nSPS) is 11.9. The van der Waals surface area contributed by atoms with E-state index in [1.165, 1.54) is 20.7 Å². The minimum Gasteiger partial charge on any atom is -0.245 e. The van der Waals surface area contributed by atoms with Crippen LogP contribution in [0.3, 0.4) is 0 Å². The van der Waals surface area contributed by atoms with E-state index < -0.39 is 0 Å². The third-order valence-corrected chi connectivity index (χ3v) is 4.07. The van der Waals surface area contributed by atoms with E-state index in [9.17, 15) is 0 Å². The average molecular weight is 219 g/mol. The first kappa shape index (κ1) is 10.6. The summed E-state index contributed by atoms with van der Waals surface area (Å²) in [4.78, 5) is 7.13. The molecule has 1 nitrogen and oxygen atoms in total. The van der Waals surface area contributed by atoms with Gasteiger partial charge >= 0.3 is 0 Å². The number of nitrogens with zero attached hydrogens (tertiary/aromatic N) is 1. The standard InChI is InChI=1S/C13H17NS/c1-8(2)11-10-6-5-7-14-13(10)15-12(11)9(3)4/h5-9H,1-4H3. The van der Waals surface area contributed by atoms with Crippen molar-refractivity contribution in [1.29, 1.82) is 0 Å². The molecule has 0 aliphatic rings. The van der Waals surface area contributed by atoms with Crippen LogP contribution in [0.1, 0.15) is 50.0 Å². The van der Waals surface area contributed by atoms with Gasteiger partial charge < -0.3 is 0 Å². The van der Waals surface area contributed by atoms with Gasteiger partial charge in [0.2, 0.25) is 0 Å². The van der Waals surface area contributed by atoms with Crippen LogP contribution in [0.25, 0.3) is 10.2 Å². The highest BCUT2D eigenvalue weighted by atomic mass is 32.1. The van der Waals surface area contributed by atoms with Gasteiger partial charge in [0.05, 0.1) is 0 Å². The summed E-state index contributed by atoms with van der Waals surface area (Å²) in [6.45, 7) is 9.05. The Kier molecular flexibility index (Phi) is 2.79. The summed E-state index contributed by atoms with van der Waals surface area (Å²) in [5.41, 5.74) is 1.50. The van der Waals surface area contributed by atoms with Gasteiger partial charge in [0.1, 0.15) is 4.83 Å². The van der Waals surface area contributed by atoms with E-state index >= 15 is 0 Å². The van der Waals surface area contributed by atoms with Crippen molar-refractivity contribution in [3.8, 4) is 0 Å². The van der Waals surface area contributed by atoms with Gasteiger partial charge in [-0.15, -0.1) is 11.3 Å². The fraction of sp³-hybridized carbons (Fsp3) is 0.462. The average Bonchev–Trinajstić information content (AvgIpc) is 2.56. The second-order valence-electron chi connectivity index (χ2n) is 4.55. The zero-order valence-corrected chi connectivity index (χ0v) is 10.6. The van der Waals surface area contributed by atoms with E-state index in [-0.39, 0.29) is 0 Å². The Bertz CT molecular complexity index is 468. The second kappa shape index (κ2) is 3.93. The highest BCUT2D eigenvalue weighted by molar-refractivity contribution is 7.18.